The minimum Gasteiger partial charge on any atom is -0.455 e. The lowest BCUT2D eigenvalue weighted by Gasteiger charge is -2.24. The highest BCUT2D eigenvalue weighted by Gasteiger charge is 2.31. The molecule has 0 atom stereocenters. The molecular weight excluding hydrogens is 1030 g/mol. The summed E-state index contributed by atoms with van der Waals surface area (Å²) in [5.74, 6) is 0.940. The van der Waals surface area contributed by atoms with Gasteiger partial charge in [0.15, 0.2) is 17.5 Å². The number of furan rings is 2. The molecule has 0 bridgehead atoms. The van der Waals surface area contributed by atoms with Gasteiger partial charge in [0.2, 0.25) is 0 Å². The lowest BCUT2D eigenvalue weighted by Crippen LogP contribution is -2.10. The molecule has 0 saturated carbocycles. The van der Waals surface area contributed by atoms with Crippen LogP contribution in [0.3, 0.4) is 0 Å². The first kappa shape index (κ1) is 38.1. The van der Waals surface area contributed by atoms with Crippen molar-refractivity contribution in [3.8, 4) is 85.0 Å². The first-order chi connectivity index (χ1) is 45.8. The molecule has 0 aliphatic rings. The summed E-state index contributed by atoms with van der Waals surface area (Å²) < 4.78 is 107. The SMILES string of the molecule is [2H]c1c([2H])c([2H])c(-c2ccc3c(c2)c2c4oc5ccccc5c4ccc2n3-c2c(C#N)cc(-c3nc(-c4ccccc4)nc(-c4ccccc4)n3)c(-n3c4ccc(-c5c([2H])c([2H])c([2H])c([2H])c5[2H])cc4c4c5oc6ccccc6c5ccc43)c2-c2ccccc2)c([2H])c1[2H]. The number of rotatable bonds is 8. The number of aromatic nitrogens is 5. The molecule has 0 unspecified atom stereocenters. The molecule has 0 spiro atoms. The first-order valence-electron chi connectivity index (χ1n) is 32.2. The second-order valence-electron chi connectivity index (χ2n) is 20.6. The van der Waals surface area contributed by atoms with Crippen LogP contribution < -0.4 is 0 Å². The van der Waals surface area contributed by atoms with Gasteiger partial charge in [-0.2, -0.15) is 5.26 Å². The quantitative estimate of drug-likeness (QED) is 0.150. The van der Waals surface area contributed by atoms with Crippen molar-refractivity contribution in [1.29, 1.82) is 5.26 Å². The summed E-state index contributed by atoms with van der Waals surface area (Å²) in [6, 6.07) is 63.5. The Kier molecular flexibility index (Phi) is 8.48. The van der Waals surface area contributed by atoms with Crippen molar-refractivity contribution in [2.75, 3.05) is 0 Å². The van der Waals surface area contributed by atoms with Gasteiger partial charge in [-0.1, -0.05) is 200 Å². The third-order valence-corrected chi connectivity index (χ3v) is 16.0. The van der Waals surface area contributed by atoms with Gasteiger partial charge < -0.3 is 18.0 Å². The molecule has 12 aromatic carbocycles. The highest BCUT2D eigenvalue weighted by atomic mass is 16.3. The zero-order valence-electron chi connectivity index (χ0n) is 54.1. The number of nitrogens with zero attached hydrogens (tertiary/aromatic N) is 6. The average molecular weight is 1080 g/mol. The normalized spacial score (nSPS) is 13.5. The first-order valence-corrected chi connectivity index (χ1v) is 27.2. The van der Waals surface area contributed by atoms with Crippen LogP contribution in [0.1, 0.15) is 19.3 Å². The monoisotopic (exact) mass is 1080 g/mol. The second-order valence-corrected chi connectivity index (χ2v) is 20.6. The fraction of sp³-hybridized carbons (Fsp3) is 0. The smallest absolute Gasteiger partial charge is 0.166 e. The number of fused-ring (bicyclic) bond motifs is 14. The van der Waals surface area contributed by atoms with Gasteiger partial charge in [0.25, 0.3) is 0 Å². The summed E-state index contributed by atoms with van der Waals surface area (Å²) in [6.45, 7) is 0. The van der Waals surface area contributed by atoms with E-state index in [2.05, 4.69) is 10.6 Å². The van der Waals surface area contributed by atoms with Crippen LogP contribution in [0, 0.1) is 11.3 Å². The molecule has 0 N–H and O–H groups in total. The molecule has 0 aliphatic carbocycles. The Labute approximate surface area is 494 Å². The summed E-state index contributed by atoms with van der Waals surface area (Å²) in [4.78, 5) is 15.9. The number of hydrogen-bond donors (Lipinski definition) is 0. The maximum atomic E-state index is 12.2. The van der Waals surface area contributed by atoms with Gasteiger partial charge in [-0.3, -0.25) is 0 Å². The van der Waals surface area contributed by atoms with Crippen LogP contribution in [0.4, 0.5) is 0 Å². The van der Waals surface area contributed by atoms with Gasteiger partial charge in [-0.25, -0.2) is 15.0 Å². The Morgan fingerprint density at radius 3 is 1.27 bits per heavy atom. The largest absolute Gasteiger partial charge is 0.455 e. The molecule has 17 rings (SSSR count). The number of para-hydroxylation sites is 2. The zero-order chi connectivity index (χ0) is 64.1. The van der Waals surface area contributed by atoms with E-state index in [1.165, 1.54) is 0 Å². The molecule has 5 heterocycles. The zero-order valence-corrected chi connectivity index (χ0v) is 44.1. The Balaban J connectivity index is 1.09. The predicted molar refractivity (Wildman–Crippen MR) is 340 cm³/mol. The van der Waals surface area contributed by atoms with E-state index in [-0.39, 0.29) is 46.7 Å². The number of hydrogen-bond acceptors (Lipinski definition) is 6. The van der Waals surface area contributed by atoms with Crippen LogP contribution >= 0.6 is 0 Å². The number of nitriles is 1. The molecule has 0 radical (unpaired) electrons. The molecule has 0 fully saturated rings. The van der Waals surface area contributed by atoms with Gasteiger partial charge in [0.05, 0.1) is 63.5 Å². The summed E-state index contributed by atoms with van der Waals surface area (Å²) in [5, 5.41) is 18.1. The number of benzene rings is 12. The molecule has 0 saturated heterocycles. The van der Waals surface area contributed by atoms with E-state index in [0.29, 0.717) is 128 Å². The van der Waals surface area contributed by atoms with E-state index in [0.717, 1.165) is 21.5 Å². The maximum absolute atomic E-state index is 12.2. The highest BCUT2D eigenvalue weighted by Crippen LogP contribution is 2.51. The van der Waals surface area contributed by atoms with Gasteiger partial charge in [-0.05, 0) is 94.5 Å². The molecule has 8 heteroatoms. The van der Waals surface area contributed by atoms with Crippen LogP contribution in [0.2, 0.25) is 0 Å². The van der Waals surface area contributed by atoms with E-state index < -0.39 is 36.3 Å². The highest BCUT2D eigenvalue weighted by molar-refractivity contribution is 6.26. The fourth-order valence-electron chi connectivity index (χ4n) is 12.3. The Morgan fingerprint density at radius 1 is 0.357 bits per heavy atom. The van der Waals surface area contributed by atoms with Crippen molar-refractivity contribution >= 4 is 87.5 Å². The van der Waals surface area contributed by atoms with Crippen molar-refractivity contribution < 1.29 is 22.5 Å². The minimum absolute atomic E-state index is 0.0154. The molecule has 5 aromatic heterocycles. The summed E-state index contributed by atoms with van der Waals surface area (Å²) >= 11 is 0. The van der Waals surface area contributed by atoms with E-state index in [1.54, 1.807) is 12.1 Å². The van der Waals surface area contributed by atoms with Gasteiger partial charge in [0.1, 0.15) is 28.4 Å². The van der Waals surface area contributed by atoms with E-state index in [9.17, 15) is 8.00 Å². The average Bonchev–Trinajstić information content (AvgIpc) is 1.52. The maximum Gasteiger partial charge on any atom is 0.166 e. The standard InChI is InChI=1S/C76H44N6O2/c77-45-53-44-60(76-79-74(49-26-12-4-13-27-49)78-75(80-76)50-28-14-5-15-29-50)71(82-62-39-35-52(47-22-8-2-9-23-47)43-59(62)69-64(82)41-37-57-55-31-17-19-33-66(55)84-73(57)69)67(48-24-10-3-11-25-48)70(53)81-61-38-34-51(46-20-6-1-7-21-46)42-58(61)68-63(81)40-36-56-54-30-16-18-32-65(54)83-72(56)68/h1-44H/i1D,2D,6D,7D,8D,9D,20D,21D,22D,23D. The van der Waals surface area contributed by atoms with Crippen LogP contribution in [-0.2, 0) is 0 Å². The van der Waals surface area contributed by atoms with E-state index in [4.69, 9.17) is 34.8 Å². The predicted octanol–water partition coefficient (Wildman–Crippen LogP) is 19.7. The van der Waals surface area contributed by atoms with Crippen molar-refractivity contribution in [3.63, 3.8) is 0 Å². The Morgan fingerprint density at radius 2 is 0.786 bits per heavy atom. The molecule has 390 valence electrons. The van der Waals surface area contributed by atoms with Crippen molar-refractivity contribution in [1.82, 2.24) is 24.1 Å². The molecule has 0 amide bonds. The lowest BCUT2D eigenvalue weighted by molar-refractivity contribution is 0.672. The molecule has 8 nitrogen and oxygen atoms in total. The van der Waals surface area contributed by atoms with Crippen LogP contribution in [-0.4, -0.2) is 24.1 Å². The molecule has 0 aliphatic heterocycles. The summed E-state index contributed by atoms with van der Waals surface area (Å²) in [5.41, 5.74) is 9.65. The van der Waals surface area contributed by atoms with Gasteiger partial charge >= 0.3 is 0 Å². The molecular formula is C76H44N6O2. The van der Waals surface area contributed by atoms with E-state index >= 15 is 0 Å². The van der Waals surface area contributed by atoms with E-state index in [1.807, 2.05) is 199 Å². The van der Waals surface area contributed by atoms with Gasteiger partial charge in [-0.15, -0.1) is 0 Å². The minimum atomic E-state index is -0.512. The third kappa shape index (κ3) is 7.23. The Bertz CT molecular complexity index is 6080. The van der Waals surface area contributed by atoms with Crippen molar-refractivity contribution in [2.24, 2.45) is 0 Å². The Hall–Kier alpha value is -11.7. The van der Waals surface area contributed by atoms with Gasteiger partial charge in [0, 0.05) is 54.6 Å². The second kappa shape index (κ2) is 18.7. The molecule has 84 heavy (non-hydrogen) atoms. The van der Waals surface area contributed by atoms with Crippen LogP contribution in [0.15, 0.2) is 276 Å². The summed E-state index contributed by atoms with van der Waals surface area (Å²) in [7, 11) is 0. The topological polar surface area (TPSA) is 98.6 Å². The van der Waals surface area contributed by atoms with Crippen molar-refractivity contribution in [2.45, 2.75) is 0 Å². The van der Waals surface area contributed by atoms with Crippen LogP contribution in [0.25, 0.3) is 166 Å². The third-order valence-electron chi connectivity index (χ3n) is 16.0. The fourth-order valence-corrected chi connectivity index (χ4v) is 12.3. The van der Waals surface area contributed by atoms with Crippen molar-refractivity contribution in [3.05, 3.63) is 272 Å². The molecule has 17 aromatic rings. The van der Waals surface area contributed by atoms with Crippen LogP contribution in [0.5, 0.6) is 0 Å². The summed E-state index contributed by atoms with van der Waals surface area (Å²) in [6.07, 6.45) is 0. The lowest BCUT2D eigenvalue weighted by atomic mass is 9.93.